The summed E-state index contributed by atoms with van der Waals surface area (Å²) in [7, 11) is 0. The molecule has 1 aromatic rings. The van der Waals surface area contributed by atoms with E-state index in [2.05, 4.69) is 0 Å². The van der Waals surface area contributed by atoms with Crippen molar-refractivity contribution < 1.29 is 14.7 Å². The molecule has 0 bridgehead atoms. The van der Waals surface area contributed by atoms with Gasteiger partial charge in [-0.1, -0.05) is 38.0 Å². The zero-order valence-electron chi connectivity index (χ0n) is 11.8. The number of para-hydroxylation sites is 1. The predicted molar refractivity (Wildman–Crippen MR) is 77.6 cm³/mol. The average Bonchev–Trinajstić information content (AvgIpc) is 2.96. The first-order chi connectivity index (χ1) is 9.62. The van der Waals surface area contributed by atoms with Gasteiger partial charge in [0.05, 0.1) is 0 Å². The lowest BCUT2D eigenvalue weighted by molar-refractivity contribution is -0.154. The third-order valence-corrected chi connectivity index (χ3v) is 4.04. The van der Waals surface area contributed by atoms with Crippen LogP contribution in [0.5, 0.6) is 0 Å². The molecule has 2 rings (SSSR count). The molecule has 20 heavy (non-hydrogen) atoms. The topological polar surface area (TPSA) is 57.6 Å². The molecule has 1 aliphatic rings. The zero-order chi connectivity index (χ0) is 14.6. The van der Waals surface area contributed by atoms with Gasteiger partial charge in [-0.25, -0.2) is 0 Å². The van der Waals surface area contributed by atoms with Gasteiger partial charge in [0.2, 0.25) is 5.91 Å². The first kappa shape index (κ1) is 14.6. The second-order valence-electron chi connectivity index (χ2n) is 5.39. The number of hydrogen-bond acceptors (Lipinski definition) is 2. The molecular weight excluding hydrogens is 254 g/mol. The molecule has 0 radical (unpaired) electrons. The van der Waals surface area contributed by atoms with Crippen LogP contribution in [0.3, 0.4) is 0 Å². The standard InChI is InChI=1S/C16H21NO3/c1-2-12-17(13-8-4-3-5-9-13)14(18)16(15(19)20)10-6-7-11-16/h3-5,8-9H,2,6-7,10-12H2,1H3,(H,19,20). The van der Waals surface area contributed by atoms with Gasteiger partial charge in [-0.05, 0) is 31.4 Å². The minimum atomic E-state index is -1.22. The zero-order valence-corrected chi connectivity index (χ0v) is 11.8. The Morgan fingerprint density at radius 2 is 1.80 bits per heavy atom. The van der Waals surface area contributed by atoms with E-state index in [9.17, 15) is 14.7 Å². The third kappa shape index (κ3) is 2.55. The number of carboxylic acid groups (broad SMARTS) is 1. The number of carbonyl (C=O) groups is 2. The van der Waals surface area contributed by atoms with Crippen LogP contribution in [0.1, 0.15) is 39.0 Å². The molecule has 0 atom stereocenters. The third-order valence-electron chi connectivity index (χ3n) is 4.04. The first-order valence-electron chi connectivity index (χ1n) is 7.22. The number of rotatable bonds is 5. The molecule has 108 valence electrons. The van der Waals surface area contributed by atoms with E-state index in [1.165, 1.54) is 0 Å². The largest absolute Gasteiger partial charge is 0.480 e. The summed E-state index contributed by atoms with van der Waals surface area (Å²) < 4.78 is 0. The number of aliphatic carboxylic acids is 1. The lowest BCUT2D eigenvalue weighted by Gasteiger charge is -2.31. The molecule has 0 unspecified atom stereocenters. The molecule has 0 spiro atoms. The number of nitrogens with zero attached hydrogens (tertiary/aromatic N) is 1. The summed E-state index contributed by atoms with van der Waals surface area (Å²) in [6, 6.07) is 9.34. The summed E-state index contributed by atoms with van der Waals surface area (Å²) in [4.78, 5) is 26.1. The fourth-order valence-electron chi connectivity index (χ4n) is 2.94. The van der Waals surface area contributed by atoms with Crippen LogP contribution in [0.25, 0.3) is 0 Å². The van der Waals surface area contributed by atoms with Crippen molar-refractivity contribution in [2.24, 2.45) is 5.41 Å². The van der Waals surface area contributed by atoms with Gasteiger partial charge < -0.3 is 10.0 Å². The Bertz CT molecular complexity index is 478. The highest BCUT2D eigenvalue weighted by atomic mass is 16.4. The van der Waals surface area contributed by atoms with Gasteiger partial charge in [-0.15, -0.1) is 0 Å². The smallest absolute Gasteiger partial charge is 0.319 e. The quantitative estimate of drug-likeness (QED) is 0.840. The molecule has 0 heterocycles. The number of carbonyl (C=O) groups excluding carboxylic acids is 1. The van der Waals surface area contributed by atoms with Crippen LogP contribution >= 0.6 is 0 Å². The maximum atomic E-state index is 12.8. The molecular formula is C16H21NO3. The van der Waals surface area contributed by atoms with Crippen molar-refractivity contribution in [1.29, 1.82) is 0 Å². The molecule has 0 saturated heterocycles. The maximum absolute atomic E-state index is 12.8. The Balaban J connectivity index is 2.34. The molecule has 1 aliphatic carbocycles. The second kappa shape index (κ2) is 6.07. The number of benzene rings is 1. The van der Waals surface area contributed by atoms with Crippen molar-refractivity contribution >= 4 is 17.6 Å². The van der Waals surface area contributed by atoms with E-state index in [0.29, 0.717) is 19.4 Å². The average molecular weight is 275 g/mol. The minimum Gasteiger partial charge on any atom is -0.480 e. The number of carboxylic acids is 1. The monoisotopic (exact) mass is 275 g/mol. The van der Waals surface area contributed by atoms with Crippen molar-refractivity contribution in [3.63, 3.8) is 0 Å². The van der Waals surface area contributed by atoms with Crippen LogP contribution in [0, 0.1) is 5.41 Å². The van der Waals surface area contributed by atoms with Gasteiger partial charge in [0.1, 0.15) is 5.41 Å². The molecule has 4 heteroatoms. The SMILES string of the molecule is CCCN(C(=O)C1(C(=O)O)CCCC1)c1ccccc1. The summed E-state index contributed by atoms with van der Waals surface area (Å²) >= 11 is 0. The number of hydrogen-bond donors (Lipinski definition) is 1. The highest BCUT2D eigenvalue weighted by Crippen LogP contribution is 2.41. The Labute approximate surface area is 119 Å². The normalized spacial score (nSPS) is 16.9. The van der Waals surface area contributed by atoms with Crippen molar-refractivity contribution in [3.05, 3.63) is 30.3 Å². The van der Waals surface area contributed by atoms with E-state index in [0.717, 1.165) is 24.9 Å². The van der Waals surface area contributed by atoms with E-state index >= 15 is 0 Å². The minimum absolute atomic E-state index is 0.254. The maximum Gasteiger partial charge on any atom is 0.319 e. The molecule has 1 saturated carbocycles. The van der Waals surface area contributed by atoms with E-state index in [4.69, 9.17) is 0 Å². The van der Waals surface area contributed by atoms with E-state index in [-0.39, 0.29) is 5.91 Å². The van der Waals surface area contributed by atoms with Crippen molar-refractivity contribution in [1.82, 2.24) is 0 Å². The highest BCUT2D eigenvalue weighted by Gasteiger charge is 2.50. The summed E-state index contributed by atoms with van der Waals surface area (Å²) in [5.74, 6) is -1.23. The van der Waals surface area contributed by atoms with Gasteiger partial charge in [-0.3, -0.25) is 9.59 Å². The van der Waals surface area contributed by atoms with E-state index in [1.807, 2.05) is 37.3 Å². The van der Waals surface area contributed by atoms with Crippen molar-refractivity contribution in [2.75, 3.05) is 11.4 Å². The Hall–Kier alpha value is -1.84. The molecule has 0 aliphatic heterocycles. The summed E-state index contributed by atoms with van der Waals surface area (Å²) in [5.41, 5.74) is -0.433. The first-order valence-corrected chi connectivity index (χ1v) is 7.22. The summed E-state index contributed by atoms with van der Waals surface area (Å²) in [6.45, 7) is 2.54. The Kier molecular flexibility index (Phi) is 4.42. The van der Waals surface area contributed by atoms with Gasteiger partial charge in [-0.2, -0.15) is 0 Å². The van der Waals surface area contributed by atoms with Gasteiger partial charge in [0.25, 0.3) is 0 Å². The molecule has 1 amide bonds. The molecule has 1 N–H and O–H groups in total. The lowest BCUT2D eigenvalue weighted by atomic mass is 9.84. The molecule has 4 nitrogen and oxygen atoms in total. The second-order valence-corrected chi connectivity index (χ2v) is 5.39. The number of amides is 1. The van der Waals surface area contributed by atoms with Crippen LogP contribution in [0.2, 0.25) is 0 Å². The Morgan fingerprint density at radius 1 is 1.20 bits per heavy atom. The van der Waals surface area contributed by atoms with Crippen molar-refractivity contribution in [2.45, 2.75) is 39.0 Å². The molecule has 1 aromatic carbocycles. The van der Waals surface area contributed by atoms with E-state index < -0.39 is 11.4 Å². The van der Waals surface area contributed by atoms with Gasteiger partial charge in [0.15, 0.2) is 0 Å². The van der Waals surface area contributed by atoms with Crippen LogP contribution in [-0.4, -0.2) is 23.5 Å². The fourth-order valence-corrected chi connectivity index (χ4v) is 2.94. The van der Waals surface area contributed by atoms with Crippen LogP contribution in [-0.2, 0) is 9.59 Å². The lowest BCUT2D eigenvalue weighted by Crippen LogP contribution is -2.47. The highest BCUT2D eigenvalue weighted by molar-refractivity contribution is 6.09. The molecule has 1 fully saturated rings. The van der Waals surface area contributed by atoms with Gasteiger partial charge >= 0.3 is 5.97 Å². The van der Waals surface area contributed by atoms with Crippen molar-refractivity contribution in [3.8, 4) is 0 Å². The van der Waals surface area contributed by atoms with Crippen LogP contribution in [0.4, 0.5) is 5.69 Å². The summed E-state index contributed by atoms with van der Waals surface area (Å²) in [6.07, 6.45) is 3.33. The predicted octanol–water partition coefficient (Wildman–Crippen LogP) is 3.07. The Morgan fingerprint density at radius 3 is 2.30 bits per heavy atom. The fraction of sp³-hybridized carbons (Fsp3) is 0.500. The van der Waals surface area contributed by atoms with Crippen LogP contribution in [0.15, 0.2) is 30.3 Å². The van der Waals surface area contributed by atoms with Crippen LogP contribution < -0.4 is 4.90 Å². The molecule has 0 aromatic heterocycles. The number of anilines is 1. The summed E-state index contributed by atoms with van der Waals surface area (Å²) in [5, 5.41) is 9.55. The van der Waals surface area contributed by atoms with E-state index in [1.54, 1.807) is 4.90 Å². The van der Waals surface area contributed by atoms with Gasteiger partial charge in [0, 0.05) is 12.2 Å².